The fourth-order valence-electron chi connectivity index (χ4n) is 4.27. The fraction of sp³-hybridized carbons (Fsp3) is 0.545. The summed E-state index contributed by atoms with van der Waals surface area (Å²) in [5.74, 6) is -5.13. The van der Waals surface area contributed by atoms with E-state index < -0.39 is 47.9 Å². The number of hydrogen-bond donors (Lipinski definition) is 0. The first kappa shape index (κ1) is 24.9. The number of ether oxygens (including phenoxy) is 1. The van der Waals surface area contributed by atoms with Crippen molar-refractivity contribution in [1.29, 1.82) is 0 Å². The summed E-state index contributed by atoms with van der Waals surface area (Å²) in [4.78, 5) is 42.4. The van der Waals surface area contributed by atoms with Gasteiger partial charge in [-0.25, -0.2) is 18.6 Å². The number of carbonyl (C=O) groups excluding carboxylic acids is 2. The molecule has 1 aliphatic carbocycles. The lowest BCUT2D eigenvalue weighted by atomic mass is 10.1. The van der Waals surface area contributed by atoms with Crippen LogP contribution in [0.3, 0.4) is 0 Å². The number of fused-ring (bicyclic) bond motifs is 1. The van der Waals surface area contributed by atoms with Crippen molar-refractivity contribution in [3.63, 3.8) is 0 Å². The summed E-state index contributed by atoms with van der Waals surface area (Å²) in [7, 11) is 0.926. The summed E-state index contributed by atoms with van der Waals surface area (Å²) in [6.07, 6.45) is -3.87. The molecule has 13 heteroatoms. The normalized spacial score (nSPS) is 20.4. The maximum atomic E-state index is 15.1. The topological polar surface area (TPSA) is 84.7 Å². The Kier molecular flexibility index (Phi) is 6.45. The summed E-state index contributed by atoms with van der Waals surface area (Å²) < 4.78 is 74.3. The predicted molar refractivity (Wildman–Crippen MR) is 114 cm³/mol. The van der Waals surface area contributed by atoms with Gasteiger partial charge in [0.2, 0.25) is 5.43 Å². The van der Waals surface area contributed by atoms with Crippen LogP contribution in [-0.4, -0.2) is 72.0 Å². The van der Waals surface area contributed by atoms with E-state index in [9.17, 15) is 31.9 Å². The molecule has 1 amide bonds. The van der Waals surface area contributed by atoms with E-state index in [1.54, 1.807) is 11.5 Å². The van der Waals surface area contributed by atoms with E-state index in [1.807, 2.05) is 0 Å². The fourth-order valence-corrected chi connectivity index (χ4v) is 4.27. The van der Waals surface area contributed by atoms with Crippen molar-refractivity contribution in [1.82, 2.24) is 14.5 Å². The Labute approximate surface area is 196 Å². The molecule has 0 spiro atoms. The molecule has 1 saturated heterocycles. The van der Waals surface area contributed by atoms with Gasteiger partial charge >= 0.3 is 18.1 Å². The zero-order valence-electron chi connectivity index (χ0n) is 18.9. The van der Waals surface area contributed by atoms with Crippen molar-refractivity contribution < 1.29 is 36.3 Å². The van der Waals surface area contributed by atoms with E-state index in [2.05, 4.69) is 4.98 Å². The summed E-state index contributed by atoms with van der Waals surface area (Å²) >= 11 is 0. The molecule has 0 aromatic carbocycles. The summed E-state index contributed by atoms with van der Waals surface area (Å²) in [5.41, 5.74) is -0.879. The van der Waals surface area contributed by atoms with Gasteiger partial charge in [0, 0.05) is 38.3 Å². The van der Waals surface area contributed by atoms with Crippen LogP contribution in [0.2, 0.25) is 0 Å². The minimum absolute atomic E-state index is 0.0512. The number of amides is 1. The van der Waals surface area contributed by atoms with Crippen LogP contribution in [0.5, 0.6) is 0 Å². The molecule has 2 aromatic rings. The molecule has 0 radical (unpaired) electrons. The molecule has 8 nitrogen and oxygen atoms in total. The molecule has 0 bridgehead atoms. The number of hydrogen-bond acceptors (Lipinski definition) is 6. The first-order valence-corrected chi connectivity index (χ1v) is 11.1. The molecule has 1 aliphatic heterocycles. The molecular formula is C22H23F5N4O4. The van der Waals surface area contributed by atoms with Gasteiger partial charge in [0.05, 0.1) is 18.5 Å². The first-order valence-electron chi connectivity index (χ1n) is 11.1. The SMILES string of the molecule is CCOC(=O)c1cn(C2CC2)c2nc(N3C[C@@H](CN(C)C(=O)C(F)(F)F)[C@@H](F)C3)c(F)cc2c1=O. The molecule has 35 heavy (non-hydrogen) atoms. The van der Waals surface area contributed by atoms with Gasteiger partial charge in [-0.1, -0.05) is 0 Å². The lowest BCUT2D eigenvalue weighted by molar-refractivity contribution is -0.184. The maximum Gasteiger partial charge on any atom is 0.471 e. The smallest absolute Gasteiger partial charge is 0.462 e. The number of esters is 1. The molecule has 190 valence electrons. The Morgan fingerprint density at radius 3 is 2.54 bits per heavy atom. The maximum absolute atomic E-state index is 15.1. The highest BCUT2D eigenvalue weighted by atomic mass is 19.4. The van der Waals surface area contributed by atoms with Crippen LogP contribution in [0, 0.1) is 11.7 Å². The third kappa shape index (κ3) is 4.80. The Balaban J connectivity index is 1.67. The highest BCUT2D eigenvalue weighted by Crippen LogP contribution is 2.37. The number of alkyl halides is 4. The van der Waals surface area contributed by atoms with E-state index >= 15 is 4.39 Å². The molecule has 2 fully saturated rings. The van der Waals surface area contributed by atoms with Gasteiger partial charge in [-0.2, -0.15) is 13.2 Å². The Morgan fingerprint density at radius 1 is 1.26 bits per heavy atom. The van der Waals surface area contributed by atoms with Gasteiger partial charge in [0.15, 0.2) is 11.6 Å². The van der Waals surface area contributed by atoms with Crippen LogP contribution >= 0.6 is 0 Å². The summed E-state index contributed by atoms with van der Waals surface area (Å²) in [5, 5.41) is -0.133. The second kappa shape index (κ2) is 9.08. The number of halogens is 5. The third-order valence-corrected chi connectivity index (χ3v) is 6.13. The number of anilines is 1. The van der Waals surface area contributed by atoms with Crippen LogP contribution in [0.15, 0.2) is 17.1 Å². The Hall–Kier alpha value is -3.25. The first-order chi connectivity index (χ1) is 16.4. The number of rotatable bonds is 6. The lowest BCUT2D eigenvalue weighted by Crippen LogP contribution is -2.42. The van der Waals surface area contributed by atoms with Crippen molar-refractivity contribution in [2.45, 2.75) is 38.2 Å². The molecule has 3 heterocycles. The van der Waals surface area contributed by atoms with Crippen LogP contribution in [0.25, 0.3) is 11.0 Å². The Bertz CT molecular complexity index is 1230. The molecule has 2 aliphatic rings. The van der Waals surface area contributed by atoms with Gasteiger partial charge in [0.25, 0.3) is 0 Å². The van der Waals surface area contributed by atoms with Crippen LogP contribution in [-0.2, 0) is 9.53 Å². The van der Waals surface area contributed by atoms with Gasteiger partial charge < -0.3 is 19.1 Å². The third-order valence-electron chi connectivity index (χ3n) is 6.13. The van der Waals surface area contributed by atoms with Crippen LogP contribution < -0.4 is 10.3 Å². The standard InChI is InChI=1S/C22H23F5N4O4/c1-3-35-20(33)14-9-31(12-4-5-12)18-13(17(14)32)6-15(23)19(28-18)30-8-11(16(24)10-30)7-29(2)21(34)22(25,26)27/h6,9,11-12,16H,3-5,7-8,10H2,1-2H3/t11-,16+/m1/s1. The predicted octanol–water partition coefficient (Wildman–Crippen LogP) is 2.84. The number of nitrogens with zero attached hydrogens (tertiary/aromatic N) is 4. The number of carbonyl (C=O) groups is 2. The lowest BCUT2D eigenvalue weighted by Gasteiger charge is -2.23. The molecule has 1 saturated carbocycles. The minimum Gasteiger partial charge on any atom is -0.462 e. The Morgan fingerprint density at radius 2 is 1.94 bits per heavy atom. The second-order valence-electron chi connectivity index (χ2n) is 8.76. The van der Waals surface area contributed by atoms with Crippen molar-refractivity contribution >= 4 is 28.7 Å². The van der Waals surface area contributed by atoms with Crippen molar-refractivity contribution in [3.05, 3.63) is 33.9 Å². The van der Waals surface area contributed by atoms with Gasteiger partial charge in [0.1, 0.15) is 17.4 Å². The molecule has 2 atom stereocenters. The molecule has 2 aromatic heterocycles. The van der Waals surface area contributed by atoms with E-state index in [-0.39, 0.29) is 48.2 Å². The highest BCUT2D eigenvalue weighted by Gasteiger charge is 2.44. The van der Waals surface area contributed by atoms with Gasteiger partial charge in [-0.05, 0) is 25.8 Å². The van der Waals surface area contributed by atoms with Crippen LogP contribution in [0.4, 0.5) is 27.8 Å². The van der Waals surface area contributed by atoms with E-state index in [1.165, 1.54) is 11.1 Å². The largest absolute Gasteiger partial charge is 0.471 e. The van der Waals surface area contributed by atoms with Crippen molar-refractivity contribution in [2.24, 2.45) is 5.92 Å². The van der Waals surface area contributed by atoms with E-state index in [4.69, 9.17) is 4.74 Å². The van der Waals surface area contributed by atoms with Crippen LogP contribution in [0.1, 0.15) is 36.2 Å². The van der Waals surface area contributed by atoms with E-state index in [0.29, 0.717) is 4.90 Å². The monoisotopic (exact) mass is 502 g/mol. The molecular weight excluding hydrogens is 479 g/mol. The molecule has 0 unspecified atom stereocenters. The summed E-state index contributed by atoms with van der Waals surface area (Å²) in [6, 6.07) is 0.876. The highest BCUT2D eigenvalue weighted by molar-refractivity contribution is 5.93. The average Bonchev–Trinajstić information content (AvgIpc) is 3.56. The summed E-state index contributed by atoms with van der Waals surface area (Å²) in [6.45, 7) is 0.601. The zero-order chi connectivity index (χ0) is 25.7. The van der Waals surface area contributed by atoms with E-state index in [0.717, 1.165) is 26.0 Å². The van der Waals surface area contributed by atoms with Crippen molar-refractivity contribution in [2.75, 3.05) is 38.2 Å². The average molecular weight is 502 g/mol. The number of pyridine rings is 2. The van der Waals surface area contributed by atoms with Gasteiger partial charge in [-0.3, -0.25) is 9.59 Å². The molecule has 4 rings (SSSR count). The quantitative estimate of drug-likeness (QED) is 0.446. The zero-order valence-corrected chi connectivity index (χ0v) is 18.9. The van der Waals surface area contributed by atoms with Gasteiger partial charge in [-0.15, -0.1) is 0 Å². The van der Waals surface area contributed by atoms with Crippen molar-refractivity contribution in [3.8, 4) is 0 Å². The second-order valence-corrected chi connectivity index (χ2v) is 8.76. The molecule has 0 N–H and O–H groups in total. The number of aromatic nitrogens is 2. The minimum atomic E-state index is -5.08.